The number of rotatable bonds is 3. The zero-order valence-corrected chi connectivity index (χ0v) is 7.52. The molecule has 0 aliphatic carbocycles. The van der Waals surface area contributed by atoms with Gasteiger partial charge in [0, 0.05) is 17.1 Å². The third kappa shape index (κ3) is 1.49. The van der Waals surface area contributed by atoms with Crippen LogP contribution >= 0.6 is 0 Å². The average molecular weight is 228 g/mol. The van der Waals surface area contributed by atoms with Gasteiger partial charge in [-0.25, -0.2) is 4.79 Å². The lowest BCUT2D eigenvalue weighted by Crippen LogP contribution is -2.19. The molecule has 1 saturated heterocycles. The maximum Gasteiger partial charge on any atom is 0.349 e. The Kier molecular flexibility index (Phi) is 2.10. The first kappa shape index (κ1) is 10.4. The molecule has 1 heterocycles. The van der Waals surface area contributed by atoms with E-state index in [1.54, 1.807) is 0 Å². The van der Waals surface area contributed by atoms with Gasteiger partial charge in [0.25, 0.3) is 5.69 Å². The predicted octanol–water partition coefficient (Wildman–Crippen LogP) is 0.890. The summed E-state index contributed by atoms with van der Waals surface area (Å²) < 4.78 is 0. The lowest BCUT2D eigenvalue weighted by atomic mass is 10.1. The first-order chi connectivity index (χ1) is 7.46. The van der Waals surface area contributed by atoms with E-state index >= 15 is 0 Å². The summed E-state index contributed by atoms with van der Waals surface area (Å²) in [7, 11) is 0. The number of carboxylic acids is 1. The highest BCUT2D eigenvalue weighted by atomic mass is 17.7. The van der Waals surface area contributed by atoms with Gasteiger partial charge in [0.05, 0.1) is 14.9 Å². The van der Waals surface area contributed by atoms with Crippen molar-refractivity contribution in [3.8, 4) is 0 Å². The van der Waals surface area contributed by atoms with Gasteiger partial charge in [0.2, 0.25) is 11.3 Å². The van der Waals surface area contributed by atoms with Gasteiger partial charge in [-0.15, -0.1) is 0 Å². The largest absolute Gasteiger partial charge is 0.553 e. The molecule has 16 heavy (non-hydrogen) atoms. The summed E-state index contributed by atoms with van der Waals surface area (Å²) in [5, 5.41) is 30.7. The Morgan fingerprint density at radius 3 is 2.50 bits per heavy atom. The van der Waals surface area contributed by atoms with Crippen molar-refractivity contribution in [3.05, 3.63) is 39.1 Å². The molecule has 1 aliphatic heterocycles. The highest BCUT2D eigenvalue weighted by molar-refractivity contribution is 5.98. The Hall–Kier alpha value is -2.07. The van der Waals surface area contributed by atoms with Gasteiger partial charge in [0.15, 0.2) is 0 Å². The lowest BCUT2D eigenvalue weighted by Gasteiger charge is -2.07. The molecule has 0 atom stereocenters. The van der Waals surface area contributed by atoms with Crippen LogP contribution in [0, 0.1) is 15.3 Å². The number of nitro groups is 1. The third-order valence-corrected chi connectivity index (χ3v) is 1.94. The zero-order valence-electron chi connectivity index (χ0n) is 7.52. The van der Waals surface area contributed by atoms with Crippen molar-refractivity contribution in [1.29, 1.82) is 0 Å². The van der Waals surface area contributed by atoms with E-state index in [0.29, 0.717) is 0 Å². The molecule has 0 unspecified atom stereocenters. The van der Waals surface area contributed by atoms with Crippen molar-refractivity contribution >= 4 is 17.3 Å². The van der Waals surface area contributed by atoms with Crippen LogP contribution in [-0.2, 0) is 9.98 Å². The molecule has 9 heteroatoms. The minimum absolute atomic E-state index is 0.485. The molecule has 0 spiro atoms. The van der Waals surface area contributed by atoms with Crippen molar-refractivity contribution in [2.24, 2.45) is 0 Å². The normalized spacial score (nSPS) is 16.8. The van der Waals surface area contributed by atoms with Crippen molar-refractivity contribution in [3.63, 3.8) is 0 Å². The van der Waals surface area contributed by atoms with Gasteiger partial charge in [0.1, 0.15) is 0 Å². The molecule has 1 aliphatic rings. The van der Waals surface area contributed by atoms with Crippen LogP contribution in [-0.4, -0.2) is 16.0 Å². The fraction of sp³-hybridized carbons (Fsp3) is 0. The first-order valence-corrected chi connectivity index (χ1v) is 3.95. The Morgan fingerprint density at radius 1 is 1.44 bits per heavy atom. The van der Waals surface area contributed by atoms with Crippen LogP contribution in [0.3, 0.4) is 0 Å². The number of hydrogen-bond acceptors (Lipinski definition) is 6. The Labute approximate surface area is 87.2 Å². The number of nitro benzene ring substituents is 1. The summed E-state index contributed by atoms with van der Waals surface area (Å²) in [6.07, 6.45) is 0. The summed E-state index contributed by atoms with van der Waals surface area (Å²) in [6.45, 7) is 0. The molecule has 0 saturated carbocycles. The second-order valence-corrected chi connectivity index (χ2v) is 2.88. The predicted molar refractivity (Wildman–Crippen MR) is 47.4 cm³/mol. The number of nitrogens with zero attached hydrogens (tertiary/aromatic N) is 2. The SMILES string of the molecule is O=C(O)c1c([N+](=O)[O-])cccc1[N+]1([O-])OO1. The van der Waals surface area contributed by atoms with Gasteiger partial charge in [-0.1, -0.05) is 0 Å². The van der Waals surface area contributed by atoms with Gasteiger partial charge < -0.3 is 10.3 Å². The highest BCUT2D eigenvalue weighted by Gasteiger charge is 2.50. The Morgan fingerprint density at radius 2 is 2.06 bits per heavy atom. The van der Waals surface area contributed by atoms with E-state index < -0.39 is 32.8 Å². The molecule has 84 valence electrons. The number of quaternary nitrogens is 1. The molecule has 1 aromatic rings. The molecule has 1 fully saturated rings. The van der Waals surface area contributed by atoms with Crippen molar-refractivity contribution in [1.82, 2.24) is 4.97 Å². The van der Waals surface area contributed by atoms with E-state index in [-0.39, 0.29) is 0 Å². The number of carbonyl (C=O) groups is 1. The summed E-state index contributed by atoms with van der Waals surface area (Å²) in [4.78, 5) is 26.8. The Balaban J connectivity index is 2.65. The van der Waals surface area contributed by atoms with Gasteiger partial charge >= 0.3 is 5.97 Å². The fourth-order valence-electron chi connectivity index (χ4n) is 1.24. The van der Waals surface area contributed by atoms with E-state index in [0.717, 1.165) is 12.1 Å². The lowest BCUT2D eigenvalue weighted by molar-refractivity contribution is -0.385. The van der Waals surface area contributed by atoms with E-state index in [4.69, 9.17) is 5.11 Å². The van der Waals surface area contributed by atoms with Crippen LogP contribution in [0.15, 0.2) is 18.2 Å². The summed E-state index contributed by atoms with van der Waals surface area (Å²) in [5.41, 5.74) is -1.93. The van der Waals surface area contributed by atoms with Gasteiger partial charge in [-0.05, 0) is 6.07 Å². The average Bonchev–Trinajstić information content (AvgIpc) is 2.96. The summed E-state index contributed by atoms with van der Waals surface area (Å²) in [6, 6.07) is 3.22. The second kappa shape index (κ2) is 3.21. The maximum atomic E-state index is 11.3. The maximum absolute atomic E-state index is 11.3. The minimum Gasteiger partial charge on any atom is -0.553 e. The third-order valence-electron chi connectivity index (χ3n) is 1.94. The number of hydrogen-bond donors (Lipinski definition) is 1. The van der Waals surface area contributed by atoms with E-state index in [2.05, 4.69) is 9.98 Å². The van der Waals surface area contributed by atoms with E-state index in [1.807, 2.05) is 0 Å². The quantitative estimate of drug-likeness (QED) is 0.203. The molecular weight excluding hydrogens is 224 g/mol. The molecule has 0 bridgehead atoms. The molecule has 1 N–H and O–H groups in total. The van der Waals surface area contributed by atoms with Gasteiger partial charge in [-0.2, -0.15) is 0 Å². The zero-order chi connectivity index (χ0) is 11.9. The highest BCUT2D eigenvalue weighted by Crippen LogP contribution is 2.40. The van der Waals surface area contributed by atoms with Crippen LogP contribution in [0.4, 0.5) is 11.4 Å². The molecule has 9 nitrogen and oxygen atoms in total. The topological polar surface area (TPSA) is 129 Å². The van der Waals surface area contributed by atoms with Crippen LogP contribution in [0.1, 0.15) is 10.4 Å². The molecule has 0 amide bonds. The number of aromatic carboxylic acids is 1. The fourth-order valence-corrected chi connectivity index (χ4v) is 1.24. The molecule has 0 aromatic heterocycles. The van der Waals surface area contributed by atoms with Crippen LogP contribution in [0.25, 0.3) is 0 Å². The standard InChI is InChI=1S/C7H4N2O7/c10-7(11)6-4(8(12)13)2-1-3-5(6)9(14)15-16-9/h1-3H,(H,10,11). The van der Waals surface area contributed by atoms with Crippen LogP contribution in [0.2, 0.25) is 0 Å². The van der Waals surface area contributed by atoms with E-state index in [9.17, 15) is 20.1 Å². The van der Waals surface area contributed by atoms with Crippen molar-refractivity contribution < 1.29 is 24.8 Å². The van der Waals surface area contributed by atoms with E-state index in [1.165, 1.54) is 6.07 Å². The number of carboxylic acid groups (broad SMARTS) is 1. The Bertz CT molecular complexity index is 482. The smallest absolute Gasteiger partial charge is 0.349 e. The summed E-state index contributed by atoms with van der Waals surface area (Å²) >= 11 is 0. The monoisotopic (exact) mass is 228 g/mol. The second-order valence-electron chi connectivity index (χ2n) is 2.88. The molecule has 2 rings (SSSR count). The summed E-state index contributed by atoms with van der Waals surface area (Å²) in [5.74, 6) is -1.60. The van der Waals surface area contributed by atoms with Crippen LogP contribution < -0.4 is 4.97 Å². The molecule has 0 radical (unpaired) electrons. The first-order valence-electron chi connectivity index (χ1n) is 3.95. The van der Waals surface area contributed by atoms with Gasteiger partial charge in [-0.3, -0.25) is 10.1 Å². The van der Waals surface area contributed by atoms with Crippen LogP contribution in [0.5, 0.6) is 0 Å². The minimum atomic E-state index is -1.79. The number of benzene rings is 1. The molecular formula is C7H4N2O7. The van der Waals surface area contributed by atoms with Crippen molar-refractivity contribution in [2.75, 3.05) is 0 Å². The molecule has 1 aromatic carbocycles. The van der Waals surface area contributed by atoms with Crippen molar-refractivity contribution in [2.45, 2.75) is 0 Å².